The van der Waals surface area contributed by atoms with Gasteiger partial charge >= 0.3 is 5.97 Å². The lowest BCUT2D eigenvalue weighted by Crippen LogP contribution is -2.12. The van der Waals surface area contributed by atoms with Gasteiger partial charge in [-0.1, -0.05) is 30.1 Å². The Kier molecular flexibility index (Phi) is 5.67. The molecule has 0 amide bonds. The third kappa shape index (κ3) is 3.47. The lowest BCUT2D eigenvalue weighted by molar-refractivity contribution is -0.132. The summed E-state index contributed by atoms with van der Waals surface area (Å²) >= 11 is 12.5. The van der Waals surface area contributed by atoms with Crippen LogP contribution in [0.25, 0.3) is 0 Å². The molecule has 0 atom stereocenters. The first-order chi connectivity index (χ1) is 11.3. The maximum Gasteiger partial charge on any atom is 0.309 e. The number of nitrogens with zero attached hydrogens (tertiary/aromatic N) is 2. The molecule has 0 saturated heterocycles. The van der Waals surface area contributed by atoms with Gasteiger partial charge in [-0.15, -0.1) is 0 Å². The van der Waals surface area contributed by atoms with E-state index in [2.05, 4.69) is 5.10 Å². The number of benzene rings is 1. The largest absolute Gasteiger partial charge is 0.407 e. The van der Waals surface area contributed by atoms with Gasteiger partial charge in [-0.05, 0) is 37.5 Å². The van der Waals surface area contributed by atoms with Crippen molar-refractivity contribution in [2.45, 2.75) is 40.7 Å². The summed E-state index contributed by atoms with van der Waals surface area (Å²) < 4.78 is 6.71. The van der Waals surface area contributed by atoms with Crippen LogP contribution < -0.4 is 4.74 Å². The van der Waals surface area contributed by atoms with Gasteiger partial charge in [-0.2, -0.15) is 5.10 Å². The van der Waals surface area contributed by atoms with Crippen molar-refractivity contribution in [1.82, 2.24) is 9.78 Å². The highest BCUT2D eigenvalue weighted by atomic mass is 35.5. The molecular weight excluding hydrogens is 351 g/mol. The molecule has 0 radical (unpaired) electrons. The average Bonchev–Trinajstić information content (AvgIpc) is 2.90. The molecule has 24 heavy (non-hydrogen) atoms. The Morgan fingerprint density at radius 1 is 1.21 bits per heavy atom. The van der Waals surface area contributed by atoms with E-state index in [-0.39, 0.29) is 22.2 Å². The molecule has 0 aliphatic heterocycles. The molecule has 0 spiro atoms. The molecule has 1 heterocycles. The fourth-order valence-electron chi connectivity index (χ4n) is 2.39. The van der Waals surface area contributed by atoms with E-state index in [1.54, 1.807) is 19.9 Å². The highest BCUT2D eigenvalue weighted by Gasteiger charge is 2.25. The minimum absolute atomic E-state index is 0.135. The molecule has 0 aliphatic rings. The first-order valence-corrected chi connectivity index (χ1v) is 8.27. The maximum atomic E-state index is 12.9. The van der Waals surface area contributed by atoms with Crippen LogP contribution in [-0.2, 0) is 11.3 Å². The second-order valence-electron chi connectivity index (χ2n) is 5.50. The summed E-state index contributed by atoms with van der Waals surface area (Å²) in [6.45, 7) is 7.32. The number of ether oxygens (including phenoxy) is 1. The van der Waals surface area contributed by atoms with Gasteiger partial charge in [0.15, 0.2) is 0 Å². The van der Waals surface area contributed by atoms with Crippen LogP contribution in [0.5, 0.6) is 5.88 Å². The number of aryl methyl sites for hydroxylation is 2. The molecule has 0 unspecified atom stereocenters. The minimum Gasteiger partial charge on any atom is -0.407 e. The third-order valence-corrected chi connectivity index (χ3v) is 4.63. The average molecular weight is 369 g/mol. The molecule has 0 N–H and O–H groups in total. The molecule has 1 aromatic carbocycles. The molecule has 0 fully saturated rings. The van der Waals surface area contributed by atoms with Crippen molar-refractivity contribution in [1.29, 1.82) is 0 Å². The van der Waals surface area contributed by atoms with Crippen molar-refractivity contribution in [3.05, 3.63) is 44.6 Å². The zero-order valence-corrected chi connectivity index (χ0v) is 15.5. The van der Waals surface area contributed by atoms with Gasteiger partial charge in [0.05, 0.1) is 11.2 Å². The van der Waals surface area contributed by atoms with Crippen LogP contribution in [0.4, 0.5) is 0 Å². The maximum absolute atomic E-state index is 12.9. The Bertz CT molecular complexity index is 813. The number of aromatic nitrogens is 2. The second-order valence-corrected chi connectivity index (χ2v) is 6.26. The summed E-state index contributed by atoms with van der Waals surface area (Å²) in [4.78, 5) is 24.3. The Morgan fingerprint density at radius 2 is 1.88 bits per heavy atom. The second kappa shape index (κ2) is 7.36. The van der Waals surface area contributed by atoms with E-state index >= 15 is 0 Å². The fourth-order valence-corrected chi connectivity index (χ4v) is 2.82. The summed E-state index contributed by atoms with van der Waals surface area (Å²) in [7, 11) is 0. The number of ketones is 1. The topological polar surface area (TPSA) is 61.2 Å². The predicted molar refractivity (Wildman–Crippen MR) is 93.2 cm³/mol. The van der Waals surface area contributed by atoms with Gasteiger partial charge in [-0.3, -0.25) is 9.59 Å². The van der Waals surface area contributed by atoms with Crippen LogP contribution in [-0.4, -0.2) is 21.5 Å². The van der Waals surface area contributed by atoms with Crippen molar-refractivity contribution in [2.75, 3.05) is 0 Å². The number of hydrogen-bond acceptors (Lipinski definition) is 4. The zero-order valence-electron chi connectivity index (χ0n) is 13.9. The lowest BCUT2D eigenvalue weighted by Gasteiger charge is -2.11. The van der Waals surface area contributed by atoms with Gasteiger partial charge in [0.1, 0.15) is 5.56 Å². The highest BCUT2D eigenvalue weighted by molar-refractivity contribution is 6.39. The van der Waals surface area contributed by atoms with Crippen molar-refractivity contribution >= 4 is 35.0 Å². The summed E-state index contributed by atoms with van der Waals surface area (Å²) in [6.07, 6.45) is 2.18. The molecule has 1 aromatic heterocycles. The number of esters is 1. The molecule has 2 rings (SSSR count). The number of halogens is 2. The zero-order chi connectivity index (χ0) is 18.0. The monoisotopic (exact) mass is 368 g/mol. The first kappa shape index (κ1) is 18.5. The molecule has 0 bridgehead atoms. The van der Waals surface area contributed by atoms with Gasteiger partial charge < -0.3 is 4.74 Å². The van der Waals surface area contributed by atoms with E-state index in [0.29, 0.717) is 22.7 Å². The van der Waals surface area contributed by atoms with Gasteiger partial charge in [0.25, 0.3) is 0 Å². The Morgan fingerprint density at radius 3 is 2.46 bits per heavy atom. The van der Waals surface area contributed by atoms with E-state index in [1.165, 1.54) is 17.8 Å². The van der Waals surface area contributed by atoms with E-state index in [0.717, 1.165) is 12.0 Å². The summed E-state index contributed by atoms with van der Waals surface area (Å²) in [5.41, 5.74) is 1.88. The fraction of sp³-hybridized carbons (Fsp3) is 0.353. The molecule has 2 aromatic rings. The van der Waals surface area contributed by atoms with Crippen LogP contribution in [0.1, 0.15) is 47.3 Å². The summed E-state index contributed by atoms with van der Waals surface area (Å²) in [5, 5.41) is 4.96. The first-order valence-electron chi connectivity index (χ1n) is 7.52. The van der Waals surface area contributed by atoms with Crippen molar-refractivity contribution in [3.63, 3.8) is 0 Å². The normalized spacial score (nSPS) is 10.8. The van der Waals surface area contributed by atoms with E-state index in [1.807, 2.05) is 6.92 Å². The number of carbonyl (C=O) groups excluding carboxylic acids is 2. The van der Waals surface area contributed by atoms with Crippen LogP contribution in [0, 0.1) is 13.8 Å². The standard InChI is InChI=1S/C17H18Cl2N2O3/c1-5-6-21-17(24-11(4)22)13(8-20-21)16(23)12-7-9(2)14(18)10(3)15(12)19/h7-8H,5-6H2,1-4H3. The summed E-state index contributed by atoms with van der Waals surface area (Å²) in [5.74, 6) is -0.742. The number of rotatable bonds is 5. The molecule has 7 heteroatoms. The minimum atomic E-state index is -0.517. The molecule has 0 aliphatic carbocycles. The van der Waals surface area contributed by atoms with Crippen molar-refractivity contribution in [3.8, 4) is 5.88 Å². The Labute approximate surface area is 150 Å². The number of hydrogen-bond donors (Lipinski definition) is 0. The predicted octanol–water partition coefficient (Wildman–Crippen LogP) is 4.37. The van der Waals surface area contributed by atoms with Gasteiger partial charge in [-0.25, -0.2) is 4.68 Å². The van der Waals surface area contributed by atoms with E-state index in [9.17, 15) is 9.59 Å². The number of carbonyl (C=O) groups is 2. The van der Waals surface area contributed by atoms with Crippen LogP contribution >= 0.6 is 23.2 Å². The van der Waals surface area contributed by atoms with E-state index < -0.39 is 5.97 Å². The molecular formula is C17H18Cl2N2O3. The van der Waals surface area contributed by atoms with Crippen molar-refractivity contribution in [2.24, 2.45) is 0 Å². The summed E-state index contributed by atoms with van der Waals surface area (Å²) in [6, 6.07) is 1.63. The van der Waals surface area contributed by atoms with E-state index in [4.69, 9.17) is 27.9 Å². The quantitative estimate of drug-likeness (QED) is 0.580. The highest BCUT2D eigenvalue weighted by Crippen LogP contribution is 2.33. The molecule has 0 saturated carbocycles. The lowest BCUT2D eigenvalue weighted by atomic mass is 10.0. The van der Waals surface area contributed by atoms with Gasteiger partial charge in [0, 0.05) is 24.1 Å². The smallest absolute Gasteiger partial charge is 0.309 e. The molecule has 128 valence electrons. The third-order valence-electron chi connectivity index (χ3n) is 3.56. The van der Waals surface area contributed by atoms with Crippen LogP contribution in [0.15, 0.2) is 12.3 Å². The van der Waals surface area contributed by atoms with Crippen LogP contribution in [0.3, 0.4) is 0 Å². The van der Waals surface area contributed by atoms with Crippen LogP contribution in [0.2, 0.25) is 10.0 Å². The molecule has 5 nitrogen and oxygen atoms in total. The Balaban J connectivity index is 2.56. The van der Waals surface area contributed by atoms with Crippen molar-refractivity contribution < 1.29 is 14.3 Å². The Hall–Kier alpha value is -1.85. The SMILES string of the molecule is CCCn1ncc(C(=O)c2cc(C)c(Cl)c(C)c2Cl)c1OC(C)=O. The van der Waals surface area contributed by atoms with Gasteiger partial charge in [0.2, 0.25) is 11.7 Å².